The number of ether oxygens (including phenoxy) is 1. The Kier molecular flexibility index (Phi) is 6.05. The second kappa shape index (κ2) is 8.43. The zero-order chi connectivity index (χ0) is 19.1. The van der Waals surface area contributed by atoms with Crippen LogP contribution in [0.5, 0.6) is 0 Å². The molecule has 8 nitrogen and oxygen atoms in total. The number of hydrogen-bond acceptors (Lipinski definition) is 5. The predicted octanol–water partition coefficient (Wildman–Crippen LogP) is 3.62. The number of non-ortho nitro benzene ring substituents is 1. The van der Waals surface area contributed by atoms with Crippen LogP contribution in [0.25, 0.3) is 0 Å². The van der Waals surface area contributed by atoms with Gasteiger partial charge in [0.2, 0.25) is 0 Å². The second-order valence-electron chi connectivity index (χ2n) is 5.24. The first-order valence-electron chi connectivity index (χ1n) is 7.54. The lowest BCUT2D eigenvalue weighted by Crippen LogP contribution is -2.31. The first-order chi connectivity index (χ1) is 12.4. The topological polar surface area (TPSA) is 110 Å². The first-order valence-corrected chi connectivity index (χ1v) is 7.54. The van der Waals surface area contributed by atoms with Gasteiger partial charge in [0.25, 0.3) is 5.69 Å². The van der Waals surface area contributed by atoms with E-state index in [2.05, 4.69) is 6.58 Å². The zero-order valence-electron chi connectivity index (χ0n) is 13.7. The molecule has 1 amide bonds. The maximum absolute atomic E-state index is 12.4. The molecule has 0 aromatic heterocycles. The van der Waals surface area contributed by atoms with Crippen molar-refractivity contribution in [1.29, 1.82) is 0 Å². The van der Waals surface area contributed by atoms with Gasteiger partial charge in [0.15, 0.2) is 0 Å². The number of carbonyl (C=O) groups is 2. The Morgan fingerprint density at radius 3 is 2.50 bits per heavy atom. The molecule has 0 aliphatic rings. The number of nitrogens with zero attached hydrogens (tertiary/aromatic N) is 2. The lowest BCUT2D eigenvalue weighted by molar-refractivity contribution is -0.384. The summed E-state index contributed by atoms with van der Waals surface area (Å²) in [4.78, 5) is 35.0. The van der Waals surface area contributed by atoms with E-state index >= 15 is 0 Å². The molecule has 0 fully saturated rings. The van der Waals surface area contributed by atoms with Crippen LogP contribution >= 0.6 is 0 Å². The van der Waals surface area contributed by atoms with Gasteiger partial charge in [-0.05, 0) is 11.6 Å². The molecule has 0 bridgehead atoms. The number of carboxylic acids is 1. The summed E-state index contributed by atoms with van der Waals surface area (Å²) in [6, 6.07) is 12.2. The molecule has 1 N–H and O–H groups in total. The van der Waals surface area contributed by atoms with E-state index in [0.29, 0.717) is 0 Å². The van der Waals surface area contributed by atoms with Gasteiger partial charge < -0.3 is 9.84 Å². The van der Waals surface area contributed by atoms with E-state index < -0.39 is 22.7 Å². The SMILES string of the molecule is C=CCN(C(=O)OCc1ccccc1)c1cc(C(=O)O)cc([N+](=O)[O-])c1. The van der Waals surface area contributed by atoms with Crippen LogP contribution in [0.15, 0.2) is 61.2 Å². The molecule has 0 radical (unpaired) electrons. The van der Waals surface area contributed by atoms with E-state index in [0.717, 1.165) is 22.6 Å². The Balaban J connectivity index is 2.30. The van der Waals surface area contributed by atoms with Crippen molar-refractivity contribution in [3.63, 3.8) is 0 Å². The van der Waals surface area contributed by atoms with Crippen LogP contribution in [0.3, 0.4) is 0 Å². The normalized spacial score (nSPS) is 10.0. The Bertz CT molecular complexity index is 803. The fraction of sp³-hybridized carbons (Fsp3) is 0.111. The summed E-state index contributed by atoms with van der Waals surface area (Å²) in [6.07, 6.45) is 0.633. The molecular formula is C18H16N2O6. The molecule has 0 atom stereocenters. The Hall–Kier alpha value is -3.68. The number of nitro benzene ring substituents is 1. The summed E-state index contributed by atoms with van der Waals surface area (Å²) in [6.45, 7) is 3.54. The molecule has 2 aromatic rings. The average molecular weight is 356 g/mol. The number of carbonyl (C=O) groups excluding carboxylic acids is 1. The minimum atomic E-state index is -1.34. The molecule has 0 heterocycles. The summed E-state index contributed by atoms with van der Waals surface area (Å²) >= 11 is 0. The summed E-state index contributed by atoms with van der Waals surface area (Å²) in [5.41, 5.74) is 0.0585. The van der Waals surface area contributed by atoms with E-state index in [1.807, 2.05) is 6.07 Å². The van der Waals surface area contributed by atoms with E-state index in [1.54, 1.807) is 24.3 Å². The van der Waals surface area contributed by atoms with Crippen LogP contribution < -0.4 is 4.90 Å². The number of hydrogen-bond donors (Lipinski definition) is 1. The van der Waals surface area contributed by atoms with Gasteiger partial charge in [0.05, 0.1) is 16.2 Å². The summed E-state index contributed by atoms with van der Waals surface area (Å²) in [5, 5.41) is 20.2. The third-order valence-corrected chi connectivity index (χ3v) is 3.41. The molecule has 134 valence electrons. The second-order valence-corrected chi connectivity index (χ2v) is 5.24. The molecule has 8 heteroatoms. The van der Waals surface area contributed by atoms with Crippen molar-refractivity contribution in [3.05, 3.63) is 82.4 Å². The number of nitro groups is 1. The third kappa shape index (κ3) is 4.67. The molecule has 2 aromatic carbocycles. The monoisotopic (exact) mass is 356 g/mol. The van der Waals surface area contributed by atoms with Gasteiger partial charge in [-0.1, -0.05) is 36.4 Å². The van der Waals surface area contributed by atoms with Crippen LogP contribution in [-0.4, -0.2) is 28.6 Å². The van der Waals surface area contributed by atoms with Crippen molar-refractivity contribution in [2.75, 3.05) is 11.4 Å². The zero-order valence-corrected chi connectivity index (χ0v) is 13.7. The fourth-order valence-electron chi connectivity index (χ4n) is 2.19. The maximum Gasteiger partial charge on any atom is 0.414 e. The highest BCUT2D eigenvalue weighted by atomic mass is 16.6. The Labute approximate surface area is 149 Å². The van der Waals surface area contributed by atoms with Gasteiger partial charge in [-0.2, -0.15) is 0 Å². The van der Waals surface area contributed by atoms with Crippen molar-refractivity contribution in [2.24, 2.45) is 0 Å². The van der Waals surface area contributed by atoms with Crippen molar-refractivity contribution in [1.82, 2.24) is 0 Å². The third-order valence-electron chi connectivity index (χ3n) is 3.41. The van der Waals surface area contributed by atoms with Crippen molar-refractivity contribution in [2.45, 2.75) is 6.61 Å². The van der Waals surface area contributed by atoms with E-state index in [4.69, 9.17) is 9.84 Å². The van der Waals surface area contributed by atoms with Crippen molar-refractivity contribution in [3.8, 4) is 0 Å². The molecule has 2 rings (SSSR count). The molecule has 0 spiro atoms. The standard InChI is InChI=1S/C18H16N2O6/c1-2-8-19(18(23)26-12-13-6-4-3-5-7-13)15-9-14(17(21)22)10-16(11-15)20(24)25/h2-7,9-11H,1,8,12H2,(H,21,22). The summed E-state index contributed by atoms with van der Waals surface area (Å²) in [5.74, 6) is -1.34. The largest absolute Gasteiger partial charge is 0.478 e. The van der Waals surface area contributed by atoms with E-state index in [1.165, 1.54) is 12.1 Å². The summed E-state index contributed by atoms with van der Waals surface area (Å²) < 4.78 is 5.22. The highest BCUT2D eigenvalue weighted by molar-refractivity contribution is 5.94. The number of carboxylic acid groups (broad SMARTS) is 1. The molecule has 0 aliphatic carbocycles. The number of amides is 1. The van der Waals surface area contributed by atoms with Crippen LogP contribution in [0.4, 0.5) is 16.2 Å². The van der Waals surface area contributed by atoms with Crippen molar-refractivity contribution < 1.29 is 24.4 Å². The van der Waals surface area contributed by atoms with Crippen molar-refractivity contribution >= 4 is 23.4 Å². The van der Waals surface area contributed by atoms with Gasteiger partial charge >= 0.3 is 12.1 Å². The fourth-order valence-corrected chi connectivity index (χ4v) is 2.19. The predicted molar refractivity (Wildman–Crippen MR) is 94.2 cm³/mol. The lowest BCUT2D eigenvalue weighted by Gasteiger charge is -2.21. The molecular weight excluding hydrogens is 340 g/mol. The molecule has 26 heavy (non-hydrogen) atoms. The van der Waals surface area contributed by atoms with E-state index in [-0.39, 0.29) is 24.4 Å². The minimum absolute atomic E-state index is 0.00610. The summed E-state index contributed by atoms with van der Waals surface area (Å²) in [7, 11) is 0. The average Bonchev–Trinajstić information content (AvgIpc) is 2.64. The Morgan fingerprint density at radius 1 is 1.23 bits per heavy atom. The van der Waals surface area contributed by atoms with Gasteiger partial charge in [-0.15, -0.1) is 6.58 Å². The smallest absolute Gasteiger partial charge is 0.414 e. The van der Waals surface area contributed by atoms with Crippen LogP contribution in [-0.2, 0) is 11.3 Å². The quantitative estimate of drug-likeness (QED) is 0.461. The lowest BCUT2D eigenvalue weighted by atomic mass is 10.1. The number of benzene rings is 2. The van der Waals surface area contributed by atoms with Gasteiger partial charge in [-0.25, -0.2) is 9.59 Å². The molecule has 0 unspecified atom stereocenters. The van der Waals surface area contributed by atoms with Gasteiger partial charge in [0, 0.05) is 18.7 Å². The van der Waals surface area contributed by atoms with E-state index in [9.17, 15) is 19.7 Å². The highest BCUT2D eigenvalue weighted by Gasteiger charge is 2.21. The molecule has 0 saturated carbocycles. The molecule has 0 aliphatic heterocycles. The highest BCUT2D eigenvalue weighted by Crippen LogP contribution is 2.25. The van der Waals surface area contributed by atoms with Crippen LogP contribution in [0.2, 0.25) is 0 Å². The number of aromatic carboxylic acids is 1. The van der Waals surface area contributed by atoms with Gasteiger partial charge in [-0.3, -0.25) is 15.0 Å². The Morgan fingerprint density at radius 2 is 1.92 bits per heavy atom. The number of rotatable bonds is 7. The first kappa shape index (κ1) is 18.7. The van der Waals surface area contributed by atoms with Crippen LogP contribution in [0, 0.1) is 10.1 Å². The van der Waals surface area contributed by atoms with Crippen LogP contribution in [0.1, 0.15) is 15.9 Å². The minimum Gasteiger partial charge on any atom is -0.478 e. The number of anilines is 1. The molecule has 0 saturated heterocycles. The van der Waals surface area contributed by atoms with Gasteiger partial charge in [0.1, 0.15) is 6.61 Å². The maximum atomic E-state index is 12.4.